The van der Waals surface area contributed by atoms with E-state index in [1.165, 1.54) is 16.7 Å². The molecule has 17 nitrogen and oxygen atoms in total. The number of anilines is 3. The summed E-state index contributed by atoms with van der Waals surface area (Å²) in [4.78, 5) is 81.1. The van der Waals surface area contributed by atoms with E-state index in [2.05, 4.69) is 57.7 Å². The van der Waals surface area contributed by atoms with Crippen molar-refractivity contribution in [2.24, 2.45) is 5.73 Å². The van der Waals surface area contributed by atoms with Gasteiger partial charge < -0.3 is 31.1 Å². The zero-order chi connectivity index (χ0) is 41.8. The highest BCUT2D eigenvalue weighted by Gasteiger charge is 2.39. The number of nitrogens with zero attached hydrogens (tertiary/aromatic N) is 8. The van der Waals surface area contributed by atoms with Crippen LogP contribution in [0.2, 0.25) is 0 Å². The Bertz CT molecular complexity index is 2260. The third-order valence-corrected chi connectivity index (χ3v) is 12.4. The van der Waals surface area contributed by atoms with Crippen molar-refractivity contribution in [3.63, 3.8) is 0 Å². The van der Waals surface area contributed by atoms with Gasteiger partial charge in [0.05, 0.1) is 12.4 Å². The van der Waals surface area contributed by atoms with Gasteiger partial charge in [0.15, 0.2) is 11.5 Å². The van der Waals surface area contributed by atoms with Crippen LogP contribution in [-0.4, -0.2) is 117 Å². The Morgan fingerprint density at radius 1 is 0.917 bits per heavy atom. The van der Waals surface area contributed by atoms with Gasteiger partial charge in [-0.1, -0.05) is 30.0 Å². The van der Waals surface area contributed by atoms with E-state index in [1.54, 1.807) is 30.5 Å². The molecule has 8 rings (SSSR count). The molecule has 5 N–H and O–H groups in total. The Morgan fingerprint density at radius 2 is 1.72 bits per heavy atom. The number of aromatic nitrogens is 4. The summed E-state index contributed by atoms with van der Waals surface area (Å²) < 4.78 is 0. The number of rotatable bonds is 12. The minimum absolute atomic E-state index is 0.0544. The van der Waals surface area contributed by atoms with Crippen molar-refractivity contribution < 1.29 is 24.0 Å². The maximum atomic E-state index is 13.0. The van der Waals surface area contributed by atoms with Gasteiger partial charge in [-0.25, -0.2) is 9.97 Å². The van der Waals surface area contributed by atoms with E-state index < -0.39 is 11.9 Å². The lowest BCUT2D eigenvalue weighted by Gasteiger charge is -2.37. The fourth-order valence-corrected chi connectivity index (χ4v) is 8.62. The zero-order valence-corrected chi connectivity index (χ0v) is 34.2. The highest BCUT2D eigenvalue weighted by atomic mass is 32.2. The molecule has 312 valence electrons. The van der Waals surface area contributed by atoms with Gasteiger partial charge in [-0.2, -0.15) is 0 Å². The summed E-state index contributed by atoms with van der Waals surface area (Å²) in [7, 11) is 0. The molecule has 0 saturated carbocycles. The van der Waals surface area contributed by atoms with Gasteiger partial charge in [-0.3, -0.25) is 34.2 Å². The number of nitrogens with one attached hydrogen (secondary N) is 3. The van der Waals surface area contributed by atoms with Gasteiger partial charge >= 0.3 is 0 Å². The minimum Gasteiger partial charge on any atom is -0.355 e. The van der Waals surface area contributed by atoms with E-state index >= 15 is 0 Å². The molecule has 0 spiro atoms. The standard InChI is InChI=1S/C42H48N12O5S/c1-42(43)12-15-52(16-13-42)35-24-45-38(25-44-35)60-30-4-2-3-29(22-30)47-37(56)11-14-51-17-19-53(20-18-51)34-9-7-32(49-50-34)39(57)46-23-27-5-6-31-28(21-27)26-54(41(31)59)33-8-10-36(55)48-40(33)58/h2-7,9,21-22,24-25,33H,8,10-20,23,26,43H2,1H3,(H,46,57)(H,47,56)(H,48,55,58). The van der Waals surface area contributed by atoms with Crippen LogP contribution in [0.4, 0.5) is 17.3 Å². The lowest BCUT2D eigenvalue weighted by molar-refractivity contribution is -0.137. The number of hydrogen-bond donors (Lipinski definition) is 4. The van der Waals surface area contributed by atoms with E-state index in [0.29, 0.717) is 43.9 Å². The van der Waals surface area contributed by atoms with Crippen molar-refractivity contribution in [2.75, 3.05) is 60.9 Å². The number of fused-ring (bicyclic) bond motifs is 1. The summed E-state index contributed by atoms with van der Waals surface area (Å²) in [6, 6.07) is 15.8. The van der Waals surface area contributed by atoms with Gasteiger partial charge in [0.25, 0.3) is 11.8 Å². The molecule has 2 aromatic heterocycles. The fraction of sp³-hybridized carbons (Fsp3) is 0.405. The minimum atomic E-state index is -0.683. The van der Waals surface area contributed by atoms with Gasteiger partial charge in [0.2, 0.25) is 17.7 Å². The molecule has 60 heavy (non-hydrogen) atoms. The summed E-state index contributed by atoms with van der Waals surface area (Å²) >= 11 is 1.50. The number of piperidine rings is 2. The molecular formula is C42H48N12O5S. The lowest BCUT2D eigenvalue weighted by Crippen LogP contribution is -2.52. The van der Waals surface area contributed by atoms with Crippen molar-refractivity contribution in [3.8, 4) is 0 Å². The van der Waals surface area contributed by atoms with Crippen LogP contribution >= 0.6 is 11.8 Å². The maximum Gasteiger partial charge on any atom is 0.272 e. The van der Waals surface area contributed by atoms with Crippen molar-refractivity contribution >= 4 is 58.6 Å². The average molecular weight is 833 g/mol. The first kappa shape index (κ1) is 40.8. The number of piperazine rings is 1. The Balaban J connectivity index is 0.744. The zero-order valence-electron chi connectivity index (χ0n) is 33.4. The molecule has 0 radical (unpaired) electrons. The monoisotopic (exact) mass is 832 g/mol. The average Bonchev–Trinajstić information content (AvgIpc) is 3.57. The molecule has 6 heterocycles. The third-order valence-electron chi connectivity index (χ3n) is 11.5. The summed E-state index contributed by atoms with van der Waals surface area (Å²) in [5.74, 6) is 0.0755. The number of benzene rings is 2. The quantitative estimate of drug-likeness (QED) is 0.151. The molecule has 18 heteroatoms. The summed E-state index contributed by atoms with van der Waals surface area (Å²) in [5.41, 5.74) is 9.14. The summed E-state index contributed by atoms with van der Waals surface area (Å²) in [6.45, 7) is 7.85. The Kier molecular flexibility index (Phi) is 12.0. The fourth-order valence-electron chi connectivity index (χ4n) is 7.84. The second kappa shape index (κ2) is 17.7. The van der Waals surface area contributed by atoms with E-state index in [0.717, 1.165) is 71.6 Å². The first-order chi connectivity index (χ1) is 29.0. The molecule has 4 aliphatic heterocycles. The number of hydrogen-bond acceptors (Lipinski definition) is 14. The van der Waals surface area contributed by atoms with Crippen LogP contribution < -0.4 is 31.5 Å². The second-order valence-corrected chi connectivity index (χ2v) is 17.1. The number of carbonyl (C=O) groups excluding carboxylic acids is 5. The first-order valence-electron chi connectivity index (χ1n) is 20.3. The predicted octanol–water partition coefficient (Wildman–Crippen LogP) is 2.58. The molecule has 1 atom stereocenters. The lowest BCUT2D eigenvalue weighted by atomic mass is 9.91. The van der Waals surface area contributed by atoms with Crippen molar-refractivity contribution in [1.29, 1.82) is 0 Å². The number of nitrogens with two attached hydrogens (primary N) is 1. The summed E-state index contributed by atoms with van der Waals surface area (Å²) in [5, 5.41) is 17.5. The first-order valence-corrected chi connectivity index (χ1v) is 21.1. The smallest absolute Gasteiger partial charge is 0.272 e. The van der Waals surface area contributed by atoms with E-state index in [-0.39, 0.29) is 54.4 Å². The van der Waals surface area contributed by atoms with Crippen molar-refractivity contribution in [1.82, 2.24) is 40.6 Å². The van der Waals surface area contributed by atoms with Crippen molar-refractivity contribution in [2.45, 2.75) is 73.6 Å². The highest BCUT2D eigenvalue weighted by molar-refractivity contribution is 7.99. The molecule has 0 aliphatic carbocycles. The molecule has 4 aromatic rings. The van der Waals surface area contributed by atoms with Crippen LogP contribution in [0.15, 0.2) is 76.9 Å². The van der Waals surface area contributed by atoms with E-state index in [1.807, 2.05) is 36.5 Å². The molecule has 5 amide bonds. The van der Waals surface area contributed by atoms with E-state index in [4.69, 9.17) is 5.73 Å². The molecule has 3 saturated heterocycles. The molecule has 4 aliphatic rings. The van der Waals surface area contributed by atoms with Crippen LogP contribution in [0.1, 0.15) is 71.0 Å². The topological polar surface area (TPSA) is 212 Å². The largest absolute Gasteiger partial charge is 0.355 e. The van der Waals surface area contributed by atoms with Crippen LogP contribution in [0.3, 0.4) is 0 Å². The maximum absolute atomic E-state index is 13.0. The van der Waals surface area contributed by atoms with Crippen LogP contribution in [-0.2, 0) is 27.5 Å². The number of amides is 5. The normalized spacial score (nSPS) is 19.2. The highest BCUT2D eigenvalue weighted by Crippen LogP contribution is 2.30. The van der Waals surface area contributed by atoms with Gasteiger partial charge in [0.1, 0.15) is 16.9 Å². The van der Waals surface area contributed by atoms with Crippen molar-refractivity contribution in [3.05, 3.63) is 89.4 Å². The Labute approximate surface area is 351 Å². The third kappa shape index (κ3) is 9.72. The SMILES string of the molecule is CC1(N)CCN(c2cnc(Sc3cccc(NC(=O)CCN4CCN(c5ccc(C(=O)NCc6ccc7c(c6)CN(C6CCC(=O)NC6=O)C7=O)nn5)CC4)c3)cn2)CC1. The molecule has 3 fully saturated rings. The number of imide groups is 1. The van der Waals surface area contributed by atoms with Gasteiger partial charge in [-0.15, -0.1) is 10.2 Å². The predicted molar refractivity (Wildman–Crippen MR) is 224 cm³/mol. The van der Waals surface area contributed by atoms with Crippen LogP contribution in [0.5, 0.6) is 0 Å². The van der Waals surface area contributed by atoms with Gasteiger partial charge in [-0.05, 0) is 73.7 Å². The molecule has 1 unspecified atom stereocenters. The number of carbonyl (C=O) groups is 5. The van der Waals surface area contributed by atoms with Crippen LogP contribution in [0.25, 0.3) is 0 Å². The summed E-state index contributed by atoms with van der Waals surface area (Å²) in [6.07, 6.45) is 6.29. The molecule has 0 bridgehead atoms. The molecule has 2 aromatic carbocycles. The Hall–Kier alpha value is -5.98. The second-order valence-electron chi connectivity index (χ2n) is 16.0. The van der Waals surface area contributed by atoms with E-state index in [9.17, 15) is 24.0 Å². The Morgan fingerprint density at radius 3 is 2.45 bits per heavy atom. The van der Waals surface area contributed by atoms with Crippen LogP contribution in [0, 0.1) is 0 Å². The van der Waals surface area contributed by atoms with Gasteiger partial charge in [0, 0.05) is 93.4 Å². The molecular weight excluding hydrogens is 785 g/mol.